The number of rotatable bonds is 10. The molecule has 3 saturated heterocycles. The molecule has 58 heavy (non-hydrogen) atoms. The van der Waals surface area contributed by atoms with Gasteiger partial charge in [0.15, 0.2) is 11.6 Å². The molecule has 3 aromatic carbocycles. The summed E-state index contributed by atoms with van der Waals surface area (Å²) in [5.41, 5.74) is 3.39. The van der Waals surface area contributed by atoms with Gasteiger partial charge >= 0.3 is 0 Å². The van der Waals surface area contributed by atoms with Crippen LogP contribution in [0.25, 0.3) is 11.0 Å². The Kier molecular flexibility index (Phi) is 13.4. The molecule has 12 nitrogen and oxygen atoms in total. The molecular weight excluding hydrogens is 763 g/mol. The lowest BCUT2D eigenvalue weighted by Crippen LogP contribution is -2.48. The summed E-state index contributed by atoms with van der Waals surface area (Å²) in [6.07, 6.45) is 12.5. The van der Waals surface area contributed by atoms with E-state index in [2.05, 4.69) is 31.3 Å². The number of hydrogen-bond acceptors (Lipinski definition) is 12. The molecule has 3 aliphatic heterocycles. The number of ether oxygens (including phenoxy) is 2. The second-order valence-electron chi connectivity index (χ2n) is 15.5. The Balaban J connectivity index is 0.000000267. The minimum absolute atomic E-state index is 0.0636. The van der Waals surface area contributed by atoms with Crippen LogP contribution in [0.4, 0.5) is 20.2 Å². The molecule has 2 atom stereocenters. The quantitative estimate of drug-likeness (QED) is 0.105. The smallest absolute Gasteiger partial charge is 0.249 e. The largest absolute Gasteiger partial charge is 0.453 e. The van der Waals surface area contributed by atoms with Gasteiger partial charge in [0.05, 0.1) is 34.6 Å². The molecule has 4 fully saturated rings. The van der Waals surface area contributed by atoms with E-state index in [1.165, 1.54) is 62.4 Å². The number of benzene rings is 3. The molecule has 4 aromatic rings. The number of carbonyl (C=O) groups is 2. The van der Waals surface area contributed by atoms with Gasteiger partial charge in [0, 0.05) is 68.1 Å². The zero-order chi connectivity index (χ0) is 40.6. The van der Waals surface area contributed by atoms with Gasteiger partial charge in [0.1, 0.15) is 29.2 Å². The first-order chi connectivity index (χ1) is 28.1. The number of nitriles is 1. The van der Waals surface area contributed by atoms with E-state index in [9.17, 15) is 23.6 Å². The highest BCUT2D eigenvalue weighted by molar-refractivity contribution is 7.98. The number of hydrogen-bond donors (Lipinski definition) is 3. The number of carbonyl (C=O) groups excluding carboxylic acids is 2. The fourth-order valence-electron chi connectivity index (χ4n) is 8.16. The van der Waals surface area contributed by atoms with Crippen LogP contribution in [0.3, 0.4) is 0 Å². The van der Waals surface area contributed by atoms with E-state index in [4.69, 9.17) is 14.5 Å². The summed E-state index contributed by atoms with van der Waals surface area (Å²) in [6.45, 7) is 5.71. The van der Waals surface area contributed by atoms with Crippen LogP contribution in [0.15, 0.2) is 60.8 Å². The van der Waals surface area contributed by atoms with Gasteiger partial charge in [-0.15, -0.1) is 0 Å². The van der Waals surface area contributed by atoms with Gasteiger partial charge in [0.25, 0.3) is 0 Å². The summed E-state index contributed by atoms with van der Waals surface area (Å²) < 4.78 is 45.3. The number of halogens is 2. The summed E-state index contributed by atoms with van der Waals surface area (Å²) in [7, 11) is 1.92. The molecule has 1 spiro atoms. The molecule has 2 unspecified atom stereocenters. The Morgan fingerprint density at radius 2 is 1.88 bits per heavy atom. The molecule has 1 aromatic heterocycles. The predicted molar refractivity (Wildman–Crippen MR) is 220 cm³/mol. The van der Waals surface area contributed by atoms with E-state index < -0.39 is 11.9 Å². The van der Waals surface area contributed by atoms with Crippen molar-refractivity contribution in [1.82, 2.24) is 24.5 Å². The van der Waals surface area contributed by atoms with Crippen molar-refractivity contribution in [3.05, 3.63) is 83.7 Å². The molecule has 0 bridgehead atoms. The van der Waals surface area contributed by atoms with E-state index in [1.807, 2.05) is 30.5 Å². The van der Waals surface area contributed by atoms with Crippen molar-refractivity contribution >= 4 is 46.4 Å². The number of fused-ring (bicyclic) bond motifs is 1. The third-order valence-corrected chi connectivity index (χ3v) is 12.4. The molecule has 8 rings (SSSR count). The van der Waals surface area contributed by atoms with Crippen molar-refractivity contribution in [3.63, 3.8) is 0 Å². The van der Waals surface area contributed by atoms with Crippen molar-refractivity contribution in [2.75, 3.05) is 43.3 Å². The number of anilines is 2. The molecule has 2 amide bonds. The first-order valence-corrected chi connectivity index (χ1v) is 20.9. The second-order valence-corrected chi connectivity index (χ2v) is 16.5. The van der Waals surface area contributed by atoms with Gasteiger partial charge in [0.2, 0.25) is 11.8 Å². The van der Waals surface area contributed by atoms with Crippen LogP contribution in [-0.2, 0) is 14.3 Å². The fourth-order valence-corrected chi connectivity index (χ4v) is 8.72. The number of amides is 2. The second kappa shape index (κ2) is 18.8. The SMILES string of the molecule is CCN(C)SNc1ccc(F)c(Oc2ccc3ncc(C4COC5(CCN(C6CCCCC6)CC5)C4)nc3c2)c1C#N.O=C1CCC(Nc2cccc(F)c2)C(=O)N1. The standard InChI is InChI=1S/C32H39FN6O2S.C11H11FN2O2/c1-3-38(2)42-37-27-12-10-26(33)31(25(27)19-34)41-24-9-11-28-29(17-24)36-30(20-35-28)22-18-32(40-21-22)13-15-39(16-14-32)23-7-5-4-6-8-23;12-7-2-1-3-8(6-7)13-9-4-5-10(15)14-11(9)16/h9-12,17,20,22-23,37H,3-8,13-16,18,21H2,1-2H3;1-3,6,9,13H,4-5H2,(H,14,15,16). The Morgan fingerprint density at radius 1 is 1.07 bits per heavy atom. The Bertz CT molecular complexity index is 2140. The lowest BCUT2D eigenvalue weighted by molar-refractivity contribution is -0.133. The van der Waals surface area contributed by atoms with Crippen LogP contribution < -0.4 is 20.1 Å². The normalized spacial score (nSPS) is 21.0. The first kappa shape index (κ1) is 41.3. The maximum absolute atomic E-state index is 14.9. The summed E-state index contributed by atoms with van der Waals surface area (Å²) in [6, 6.07) is 16.4. The molecule has 1 saturated carbocycles. The topological polar surface area (TPSA) is 145 Å². The Morgan fingerprint density at radius 3 is 2.62 bits per heavy atom. The molecule has 15 heteroatoms. The molecule has 1 aliphatic carbocycles. The molecule has 306 valence electrons. The van der Waals surface area contributed by atoms with E-state index in [0.29, 0.717) is 42.1 Å². The van der Waals surface area contributed by atoms with Crippen LogP contribution in [0.5, 0.6) is 11.5 Å². The van der Waals surface area contributed by atoms with Gasteiger partial charge in [-0.05, 0) is 88.0 Å². The average Bonchev–Trinajstić information content (AvgIpc) is 3.65. The number of nitrogens with zero attached hydrogens (tertiary/aromatic N) is 5. The zero-order valence-corrected chi connectivity index (χ0v) is 33.8. The summed E-state index contributed by atoms with van der Waals surface area (Å²) in [5.74, 6) is -1.11. The minimum Gasteiger partial charge on any atom is -0.453 e. The van der Waals surface area contributed by atoms with Gasteiger partial charge in [-0.1, -0.05) is 32.3 Å². The van der Waals surface area contributed by atoms with Crippen molar-refractivity contribution in [2.24, 2.45) is 0 Å². The van der Waals surface area contributed by atoms with Gasteiger partial charge in [-0.25, -0.2) is 18.1 Å². The highest BCUT2D eigenvalue weighted by Gasteiger charge is 2.44. The van der Waals surface area contributed by atoms with Gasteiger partial charge in [-0.3, -0.25) is 19.9 Å². The van der Waals surface area contributed by atoms with Gasteiger partial charge in [-0.2, -0.15) is 5.26 Å². The highest BCUT2D eigenvalue weighted by Crippen LogP contribution is 2.43. The first-order valence-electron chi connectivity index (χ1n) is 20.2. The summed E-state index contributed by atoms with van der Waals surface area (Å²) in [5, 5.41) is 15.0. The lowest BCUT2D eigenvalue weighted by Gasteiger charge is -2.43. The zero-order valence-electron chi connectivity index (χ0n) is 32.9. The molecule has 3 N–H and O–H groups in total. The van der Waals surface area contributed by atoms with E-state index in [-0.39, 0.29) is 40.5 Å². The number of piperidine rings is 2. The Hall–Kier alpha value is -4.88. The van der Waals surface area contributed by atoms with Crippen LogP contribution in [-0.4, -0.2) is 82.0 Å². The highest BCUT2D eigenvalue weighted by atomic mass is 32.2. The molecule has 4 aliphatic rings. The predicted octanol–water partition coefficient (Wildman–Crippen LogP) is 8.07. The monoisotopic (exact) mass is 812 g/mol. The van der Waals surface area contributed by atoms with E-state index in [0.717, 1.165) is 56.1 Å². The minimum atomic E-state index is -0.603. The van der Waals surface area contributed by atoms with Crippen LogP contribution in [0.1, 0.15) is 88.3 Å². The fraction of sp³-hybridized carbons (Fsp3) is 0.465. The maximum atomic E-state index is 14.9. The van der Waals surface area contributed by atoms with Crippen molar-refractivity contribution in [3.8, 4) is 17.6 Å². The molecule has 4 heterocycles. The van der Waals surface area contributed by atoms with Crippen LogP contribution >= 0.6 is 12.1 Å². The molecule has 0 radical (unpaired) electrons. The summed E-state index contributed by atoms with van der Waals surface area (Å²) in [4.78, 5) is 34.6. The number of imide groups is 1. The average molecular weight is 813 g/mol. The number of likely N-dealkylation sites (tertiary alicyclic amines) is 1. The van der Waals surface area contributed by atoms with E-state index >= 15 is 0 Å². The van der Waals surface area contributed by atoms with E-state index in [1.54, 1.807) is 30.3 Å². The van der Waals surface area contributed by atoms with Crippen LogP contribution in [0.2, 0.25) is 0 Å². The Labute approximate surface area is 342 Å². The maximum Gasteiger partial charge on any atom is 0.249 e. The number of nitrogens with one attached hydrogen (secondary N) is 3. The van der Waals surface area contributed by atoms with Crippen molar-refractivity contribution in [1.29, 1.82) is 5.26 Å². The third kappa shape index (κ3) is 10.0. The van der Waals surface area contributed by atoms with Crippen LogP contribution in [0, 0.1) is 23.0 Å². The van der Waals surface area contributed by atoms with Crippen molar-refractivity contribution < 1.29 is 27.8 Å². The number of aromatic nitrogens is 2. The lowest BCUT2D eigenvalue weighted by atomic mass is 9.83. The van der Waals surface area contributed by atoms with Crippen molar-refractivity contribution in [2.45, 2.75) is 94.7 Å². The van der Waals surface area contributed by atoms with Gasteiger partial charge < -0.3 is 24.4 Å². The summed E-state index contributed by atoms with van der Waals surface area (Å²) >= 11 is 1.33. The third-order valence-electron chi connectivity index (χ3n) is 11.6. The molecular formula is C43H50F2N8O4S.